The molecule has 0 saturated carbocycles. The summed E-state index contributed by atoms with van der Waals surface area (Å²) in [5.74, 6) is -1.01. The molecule has 0 fully saturated rings. The van der Waals surface area contributed by atoms with Crippen LogP contribution in [0.4, 0.5) is 5.69 Å². The summed E-state index contributed by atoms with van der Waals surface area (Å²) in [6.45, 7) is 7.94. The Bertz CT molecular complexity index is 710. The van der Waals surface area contributed by atoms with E-state index >= 15 is 0 Å². The highest BCUT2D eigenvalue weighted by Crippen LogP contribution is 2.27. The fourth-order valence-electron chi connectivity index (χ4n) is 2.21. The number of carboxylic acids is 1. The predicted octanol–water partition coefficient (Wildman–Crippen LogP) is 3.35. The molecule has 1 aromatic heterocycles. The number of carbonyl (C=O) groups excluding carboxylic acids is 1. The molecule has 2 N–H and O–H groups in total. The Kier molecular flexibility index (Phi) is 4.26. The summed E-state index contributed by atoms with van der Waals surface area (Å²) in [4.78, 5) is 23.1. The third-order valence-corrected chi connectivity index (χ3v) is 4.04. The van der Waals surface area contributed by atoms with Crippen molar-refractivity contribution in [3.05, 3.63) is 30.5 Å². The van der Waals surface area contributed by atoms with Gasteiger partial charge in [0.05, 0.1) is 0 Å². The van der Waals surface area contributed by atoms with Crippen LogP contribution in [0.5, 0.6) is 0 Å². The molecule has 1 aromatic carbocycles. The minimum absolute atomic E-state index is 0.0168. The summed E-state index contributed by atoms with van der Waals surface area (Å²) in [7, 11) is 0. The van der Waals surface area contributed by atoms with Gasteiger partial charge < -0.3 is 15.0 Å². The van der Waals surface area contributed by atoms with Gasteiger partial charge >= 0.3 is 5.97 Å². The molecule has 1 unspecified atom stereocenters. The minimum Gasteiger partial charge on any atom is -0.480 e. The number of nitrogens with one attached hydrogen (secondary N) is 1. The first-order valence-corrected chi connectivity index (χ1v) is 7.30. The van der Waals surface area contributed by atoms with E-state index in [9.17, 15) is 9.59 Å². The van der Waals surface area contributed by atoms with E-state index < -0.39 is 5.97 Å². The molecule has 118 valence electrons. The topological polar surface area (TPSA) is 71.3 Å². The molecule has 1 heterocycles. The monoisotopic (exact) mass is 302 g/mol. The standard InChI is InChI=1S/C17H22N2O3/c1-11(17(2,3)4)16(22)18-13-5-6-14-12(9-13)7-8-19(14)10-15(20)21/h5-9,11H,10H2,1-4H3,(H,18,22)(H,20,21). The normalized spacial score (nSPS) is 13.1. The first-order chi connectivity index (χ1) is 10.2. The Morgan fingerprint density at radius 1 is 1.27 bits per heavy atom. The average molecular weight is 302 g/mol. The lowest BCUT2D eigenvalue weighted by Crippen LogP contribution is -2.30. The van der Waals surface area contributed by atoms with Gasteiger partial charge in [-0.25, -0.2) is 0 Å². The van der Waals surface area contributed by atoms with Gasteiger partial charge in [-0.1, -0.05) is 27.7 Å². The summed E-state index contributed by atoms with van der Waals surface area (Å²) < 4.78 is 1.67. The maximum atomic E-state index is 12.3. The second-order valence-corrected chi connectivity index (χ2v) is 6.69. The van der Waals surface area contributed by atoms with Crippen LogP contribution in [0.25, 0.3) is 10.9 Å². The van der Waals surface area contributed by atoms with Crippen molar-refractivity contribution in [2.75, 3.05) is 5.32 Å². The lowest BCUT2D eigenvalue weighted by molar-refractivity contribution is -0.137. The zero-order chi connectivity index (χ0) is 16.5. The molecule has 0 spiro atoms. The van der Waals surface area contributed by atoms with Crippen LogP contribution >= 0.6 is 0 Å². The summed E-state index contributed by atoms with van der Waals surface area (Å²) in [6.07, 6.45) is 1.74. The first kappa shape index (κ1) is 16.1. The van der Waals surface area contributed by atoms with E-state index in [4.69, 9.17) is 5.11 Å². The highest BCUT2D eigenvalue weighted by Gasteiger charge is 2.26. The average Bonchev–Trinajstić information content (AvgIpc) is 2.78. The lowest BCUT2D eigenvalue weighted by Gasteiger charge is -2.26. The number of rotatable bonds is 4. The zero-order valence-corrected chi connectivity index (χ0v) is 13.4. The van der Waals surface area contributed by atoms with E-state index in [1.165, 1.54) is 0 Å². The molecule has 0 aliphatic heterocycles. The van der Waals surface area contributed by atoms with Crippen molar-refractivity contribution in [2.24, 2.45) is 11.3 Å². The van der Waals surface area contributed by atoms with Crippen molar-refractivity contribution in [3.8, 4) is 0 Å². The third kappa shape index (κ3) is 3.47. The summed E-state index contributed by atoms with van der Waals surface area (Å²) in [5.41, 5.74) is 1.46. The van der Waals surface area contributed by atoms with Gasteiger partial charge in [0.2, 0.25) is 5.91 Å². The van der Waals surface area contributed by atoms with E-state index in [-0.39, 0.29) is 23.8 Å². The molecule has 0 radical (unpaired) electrons. The molecule has 0 aliphatic carbocycles. The number of amides is 1. The maximum absolute atomic E-state index is 12.3. The Morgan fingerprint density at radius 2 is 1.95 bits per heavy atom. The molecule has 5 heteroatoms. The molecular formula is C17H22N2O3. The molecule has 1 atom stereocenters. The molecule has 0 bridgehead atoms. The van der Waals surface area contributed by atoms with Crippen LogP contribution in [0.3, 0.4) is 0 Å². The highest BCUT2D eigenvalue weighted by molar-refractivity contribution is 5.95. The Hall–Kier alpha value is -2.30. The Labute approximate surface area is 129 Å². The van der Waals surface area contributed by atoms with E-state index in [1.807, 2.05) is 45.9 Å². The lowest BCUT2D eigenvalue weighted by atomic mass is 9.81. The van der Waals surface area contributed by atoms with Crippen molar-refractivity contribution in [2.45, 2.75) is 34.2 Å². The van der Waals surface area contributed by atoms with E-state index in [0.29, 0.717) is 0 Å². The summed E-state index contributed by atoms with van der Waals surface area (Å²) in [5, 5.41) is 12.7. The van der Waals surface area contributed by atoms with Crippen molar-refractivity contribution >= 4 is 28.5 Å². The fourth-order valence-corrected chi connectivity index (χ4v) is 2.21. The first-order valence-electron chi connectivity index (χ1n) is 7.30. The third-order valence-electron chi connectivity index (χ3n) is 4.04. The maximum Gasteiger partial charge on any atom is 0.323 e. The van der Waals surface area contributed by atoms with E-state index in [0.717, 1.165) is 16.6 Å². The summed E-state index contributed by atoms with van der Waals surface area (Å²) >= 11 is 0. The van der Waals surface area contributed by atoms with Gasteiger partial charge in [0.25, 0.3) is 0 Å². The van der Waals surface area contributed by atoms with Crippen LogP contribution in [-0.2, 0) is 16.1 Å². The Morgan fingerprint density at radius 3 is 2.55 bits per heavy atom. The molecule has 5 nitrogen and oxygen atoms in total. The number of aliphatic carboxylic acids is 1. The number of hydrogen-bond acceptors (Lipinski definition) is 2. The fraction of sp³-hybridized carbons (Fsp3) is 0.412. The predicted molar refractivity (Wildman–Crippen MR) is 86.8 cm³/mol. The van der Waals surface area contributed by atoms with Crippen LogP contribution < -0.4 is 5.32 Å². The number of benzene rings is 1. The number of hydrogen-bond donors (Lipinski definition) is 2. The van der Waals surface area contributed by atoms with E-state index in [2.05, 4.69) is 5.32 Å². The quantitative estimate of drug-likeness (QED) is 0.910. The molecule has 22 heavy (non-hydrogen) atoms. The van der Waals surface area contributed by atoms with Gasteiger partial charge in [-0.15, -0.1) is 0 Å². The van der Waals surface area contributed by atoms with Gasteiger partial charge in [-0.3, -0.25) is 9.59 Å². The van der Waals surface area contributed by atoms with Crippen LogP contribution in [0.2, 0.25) is 0 Å². The SMILES string of the molecule is CC(C(=O)Nc1ccc2c(ccn2CC(=O)O)c1)C(C)(C)C. The van der Waals surface area contributed by atoms with Crippen molar-refractivity contribution in [3.63, 3.8) is 0 Å². The van der Waals surface area contributed by atoms with Crippen molar-refractivity contribution in [1.29, 1.82) is 0 Å². The van der Waals surface area contributed by atoms with Crippen LogP contribution in [0.15, 0.2) is 30.5 Å². The smallest absolute Gasteiger partial charge is 0.323 e. The number of fused-ring (bicyclic) bond motifs is 1. The number of anilines is 1. The van der Waals surface area contributed by atoms with Crippen LogP contribution in [0, 0.1) is 11.3 Å². The minimum atomic E-state index is -0.881. The molecular weight excluding hydrogens is 280 g/mol. The van der Waals surface area contributed by atoms with Gasteiger partial charge in [0.1, 0.15) is 6.54 Å². The second kappa shape index (κ2) is 5.83. The van der Waals surface area contributed by atoms with Crippen LogP contribution in [0.1, 0.15) is 27.7 Å². The molecule has 0 saturated heterocycles. The second-order valence-electron chi connectivity index (χ2n) is 6.69. The number of aromatic nitrogens is 1. The van der Waals surface area contributed by atoms with Crippen LogP contribution in [-0.4, -0.2) is 21.6 Å². The van der Waals surface area contributed by atoms with Crippen molar-refractivity contribution < 1.29 is 14.7 Å². The van der Waals surface area contributed by atoms with Gasteiger partial charge in [0.15, 0.2) is 0 Å². The highest BCUT2D eigenvalue weighted by atomic mass is 16.4. The number of carboxylic acid groups (broad SMARTS) is 1. The summed E-state index contributed by atoms with van der Waals surface area (Å²) in [6, 6.07) is 7.34. The molecule has 2 rings (SSSR count). The number of nitrogens with zero attached hydrogens (tertiary/aromatic N) is 1. The molecule has 2 aromatic rings. The Balaban J connectivity index is 2.20. The largest absolute Gasteiger partial charge is 0.480 e. The molecule has 1 amide bonds. The molecule has 0 aliphatic rings. The number of carbonyl (C=O) groups is 2. The van der Waals surface area contributed by atoms with Gasteiger partial charge in [-0.2, -0.15) is 0 Å². The zero-order valence-electron chi connectivity index (χ0n) is 13.4. The van der Waals surface area contributed by atoms with Gasteiger partial charge in [-0.05, 0) is 29.7 Å². The van der Waals surface area contributed by atoms with Gasteiger partial charge in [0, 0.05) is 28.7 Å². The van der Waals surface area contributed by atoms with E-state index in [1.54, 1.807) is 16.8 Å². The van der Waals surface area contributed by atoms with Crippen molar-refractivity contribution in [1.82, 2.24) is 4.57 Å².